The van der Waals surface area contributed by atoms with Crippen molar-refractivity contribution in [3.8, 4) is 5.75 Å². The van der Waals surface area contributed by atoms with Crippen LogP contribution >= 0.6 is 31.9 Å². The van der Waals surface area contributed by atoms with Crippen LogP contribution in [0, 0.1) is 0 Å². The van der Waals surface area contributed by atoms with E-state index in [0.717, 1.165) is 40.9 Å². The zero-order valence-electron chi connectivity index (χ0n) is 11.8. The van der Waals surface area contributed by atoms with Gasteiger partial charge in [0.15, 0.2) is 0 Å². The SMILES string of the molecule is CCOc1c(Br)cc(Br)cc1CNCCN(C)CC. The third-order valence-corrected chi connectivity index (χ3v) is 3.95. The Morgan fingerprint density at radius 1 is 1.26 bits per heavy atom. The zero-order chi connectivity index (χ0) is 14.3. The molecule has 1 aromatic rings. The van der Waals surface area contributed by atoms with E-state index in [9.17, 15) is 0 Å². The molecule has 0 radical (unpaired) electrons. The molecule has 0 unspecified atom stereocenters. The highest BCUT2D eigenvalue weighted by molar-refractivity contribution is 9.11. The molecule has 108 valence electrons. The van der Waals surface area contributed by atoms with Gasteiger partial charge in [-0.3, -0.25) is 0 Å². The number of nitrogens with zero attached hydrogens (tertiary/aromatic N) is 1. The van der Waals surface area contributed by atoms with Crippen molar-refractivity contribution in [2.75, 3.05) is 33.3 Å². The first-order valence-electron chi connectivity index (χ1n) is 6.58. The molecule has 0 spiro atoms. The van der Waals surface area contributed by atoms with Crippen molar-refractivity contribution in [2.24, 2.45) is 0 Å². The van der Waals surface area contributed by atoms with Crippen molar-refractivity contribution in [2.45, 2.75) is 20.4 Å². The summed E-state index contributed by atoms with van der Waals surface area (Å²) in [6.45, 7) is 8.75. The molecule has 0 amide bonds. The van der Waals surface area contributed by atoms with E-state index in [2.05, 4.69) is 62.1 Å². The third-order valence-electron chi connectivity index (χ3n) is 2.90. The van der Waals surface area contributed by atoms with E-state index in [1.165, 1.54) is 5.56 Å². The third kappa shape index (κ3) is 5.81. The van der Waals surface area contributed by atoms with Gasteiger partial charge in [-0.1, -0.05) is 22.9 Å². The monoisotopic (exact) mass is 392 g/mol. The van der Waals surface area contributed by atoms with Gasteiger partial charge in [-0.05, 0) is 48.6 Å². The van der Waals surface area contributed by atoms with Gasteiger partial charge in [0.1, 0.15) is 5.75 Å². The van der Waals surface area contributed by atoms with E-state index < -0.39 is 0 Å². The second-order valence-electron chi connectivity index (χ2n) is 4.38. The van der Waals surface area contributed by atoms with Gasteiger partial charge < -0.3 is 15.0 Å². The van der Waals surface area contributed by atoms with Crippen LogP contribution in [-0.4, -0.2) is 38.2 Å². The van der Waals surface area contributed by atoms with Crippen LogP contribution in [0.2, 0.25) is 0 Å². The van der Waals surface area contributed by atoms with Crippen molar-refractivity contribution in [3.05, 3.63) is 26.6 Å². The highest BCUT2D eigenvalue weighted by Crippen LogP contribution is 2.32. The maximum Gasteiger partial charge on any atom is 0.138 e. The van der Waals surface area contributed by atoms with E-state index in [0.29, 0.717) is 6.61 Å². The Morgan fingerprint density at radius 2 is 2.00 bits per heavy atom. The molecule has 19 heavy (non-hydrogen) atoms. The largest absolute Gasteiger partial charge is 0.492 e. The van der Waals surface area contributed by atoms with Gasteiger partial charge in [0.25, 0.3) is 0 Å². The van der Waals surface area contributed by atoms with E-state index in [-0.39, 0.29) is 0 Å². The molecule has 0 saturated heterocycles. The molecule has 0 fully saturated rings. The van der Waals surface area contributed by atoms with Gasteiger partial charge in [0.05, 0.1) is 11.1 Å². The van der Waals surface area contributed by atoms with Gasteiger partial charge in [0.2, 0.25) is 0 Å². The van der Waals surface area contributed by atoms with Crippen molar-refractivity contribution < 1.29 is 4.74 Å². The van der Waals surface area contributed by atoms with Gasteiger partial charge in [-0.2, -0.15) is 0 Å². The molecule has 0 aliphatic heterocycles. The standard InChI is InChI=1S/C14H22Br2N2O/c1-4-18(3)7-6-17-10-11-8-12(15)9-13(16)14(11)19-5-2/h8-9,17H,4-7,10H2,1-3H3. The van der Waals surface area contributed by atoms with Crippen LogP contribution in [-0.2, 0) is 6.54 Å². The first-order chi connectivity index (χ1) is 9.08. The molecule has 0 heterocycles. The average Bonchev–Trinajstić information content (AvgIpc) is 2.38. The van der Waals surface area contributed by atoms with Gasteiger partial charge in [-0.25, -0.2) is 0 Å². The van der Waals surface area contributed by atoms with Crippen molar-refractivity contribution >= 4 is 31.9 Å². The number of hydrogen-bond donors (Lipinski definition) is 1. The molecular weight excluding hydrogens is 372 g/mol. The Bertz CT molecular complexity index is 399. The molecule has 0 bridgehead atoms. The van der Waals surface area contributed by atoms with Crippen molar-refractivity contribution in [1.29, 1.82) is 0 Å². The maximum absolute atomic E-state index is 5.70. The van der Waals surface area contributed by atoms with Crippen LogP contribution < -0.4 is 10.1 Å². The summed E-state index contributed by atoms with van der Waals surface area (Å²) in [6.07, 6.45) is 0. The topological polar surface area (TPSA) is 24.5 Å². The quantitative estimate of drug-likeness (QED) is 0.682. The highest BCUT2D eigenvalue weighted by Gasteiger charge is 2.09. The minimum absolute atomic E-state index is 0.672. The number of hydrogen-bond acceptors (Lipinski definition) is 3. The molecule has 0 aliphatic rings. The lowest BCUT2D eigenvalue weighted by Gasteiger charge is -2.16. The fourth-order valence-electron chi connectivity index (χ4n) is 1.70. The minimum Gasteiger partial charge on any atom is -0.492 e. The van der Waals surface area contributed by atoms with E-state index in [4.69, 9.17) is 4.74 Å². The lowest BCUT2D eigenvalue weighted by Crippen LogP contribution is -2.28. The second-order valence-corrected chi connectivity index (χ2v) is 6.15. The molecule has 0 aromatic heterocycles. The molecular formula is C14H22Br2N2O. The number of benzene rings is 1. The lowest BCUT2D eigenvalue weighted by atomic mass is 10.2. The van der Waals surface area contributed by atoms with Gasteiger partial charge in [-0.15, -0.1) is 0 Å². The van der Waals surface area contributed by atoms with Crippen molar-refractivity contribution in [3.63, 3.8) is 0 Å². The van der Waals surface area contributed by atoms with E-state index in [1.54, 1.807) is 0 Å². The summed E-state index contributed by atoms with van der Waals surface area (Å²) < 4.78 is 7.76. The summed E-state index contributed by atoms with van der Waals surface area (Å²) in [6, 6.07) is 4.12. The number of ether oxygens (including phenoxy) is 1. The Morgan fingerprint density at radius 3 is 2.63 bits per heavy atom. The smallest absolute Gasteiger partial charge is 0.138 e. The van der Waals surface area contributed by atoms with Gasteiger partial charge >= 0.3 is 0 Å². The van der Waals surface area contributed by atoms with Crippen LogP contribution in [0.25, 0.3) is 0 Å². The number of likely N-dealkylation sites (N-methyl/N-ethyl adjacent to an activating group) is 1. The van der Waals surface area contributed by atoms with Crippen LogP contribution in [0.5, 0.6) is 5.75 Å². The Labute approximate surface area is 133 Å². The lowest BCUT2D eigenvalue weighted by molar-refractivity contribution is 0.330. The van der Waals surface area contributed by atoms with Crippen LogP contribution in [0.3, 0.4) is 0 Å². The van der Waals surface area contributed by atoms with E-state index >= 15 is 0 Å². The van der Waals surface area contributed by atoms with Crippen molar-refractivity contribution in [1.82, 2.24) is 10.2 Å². The number of halogens is 2. The summed E-state index contributed by atoms with van der Waals surface area (Å²) in [7, 11) is 2.13. The minimum atomic E-state index is 0.672. The fraction of sp³-hybridized carbons (Fsp3) is 0.571. The Hall–Kier alpha value is -0.100. The van der Waals surface area contributed by atoms with Crippen LogP contribution in [0.15, 0.2) is 21.1 Å². The van der Waals surface area contributed by atoms with E-state index in [1.807, 2.05) is 13.0 Å². The molecule has 0 aliphatic carbocycles. The summed E-state index contributed by atoms with van der Waals surface area (Å²) in [5.74, 6) is 0.932. The summed E-state index contributed by atoms with van der Waals surface area (Å²) in [5, 5.41) is 3.46. The molecule has 0 saturated carbocycles. The summed E-state index contributed by atoms with van der Waals surface area (Å²) in [4.78, 5) is 2.29. The first-order valence-corrected chi connectivity index (χ1v) is 8.17. The molecule has 1 rings (SSSR count). The Kier molecular flexibility index (Phi) is 7.99. The van der Waals surface area contributed by atoms with Crippen LogP contribution in [0.1, 0.15) is 19.4 Å². The maximum atomic E-state index is 5.70. The molecule has 1 aromatic carbocycles. The zero-order valence-corrected chi connectivity index (χ0v) is 15.0. The molecule has 3 nitrogen and oxygen atoms in total. The predicted octanol–water partition coefficient (Wildman–Crippen LogP) is 3.65. The Balaban J connectivity index is 2.61. The first kappa shape index (κ1) is 17.0. The molecule has 0 atom stereocenters. The second kappa shape index (κ2) is 8.95. The summed E-state index contributed by atoms with van der Waals surface area (Å²) in [5.41, 5.74) is 1.17. The summed E-state index contributed by atoms with van der Waals surface area (Å²) >= 11 is 7.07. The predicted molar refractivity (Wildman–Crippen MR) is 87.9 cm³/mol. The van der Waals surface area contributed by atoms with Gasteiger partial charge in [0, 0.05) is 29.7 Å². The average molecular weight is 394 g/mol. The fourth-order valence-corrected chi connectivity index (χ4v) is 3.13. The highest BCUT2D eigenvalue weighted by atomic mass is 79.9. The number of rotatable bonds is 8. The molecule has 5 heteroatoms. The van der Waals surface area contributed by atoms with Crippen LogP contribution in [0.4, 0.5) is 0 Å². The normalized spacial score (nSPS) is 11.1. The molecule has 1 N–H and O–H groups in total. The number of nitrogens with one attached hydrogen (secondary N) is 1.